The minimum Gasteiger partial charge on any atom is -0.494 e. The van der Waals surface area contributed by atoms with Gasteiger partial charge in [0.25, 0.3) is 17.5 Å². The predicted octanol–water partition coefficient (Wildman–Crippen LogP) is 1.04. The first kappa shape index (κ1) is 19.1. The summed E-state index contributed by atoms with van der Waals surface area (Å²) < 4.78 is 10.2. The number of hydrogen-bond donors (Lipinski definition) is 1. The van der Waals surface area contributed by atoms with Gasteiger partial charge in [0.05, 0.1) is 17.1 Å². The maximum absolute atomic E-state index is 11.6. The molecule has 0 spiro atoms. The molecule has 1 aliphatic heterocycles. The van der Waals surface area contributed by atoms with E-state index in [4.69, 9.17) is 15.2 Å². The van der Waals surface area contributed by atoms with Gasteiger partial charge >= 0.3 is 6.16 Å². The van der Waals surface area contributed by atoms with Gasteiger partial charge in [-0.15, -0.1) is 0 Å². The summed E-state index contributed by atoms with van der Waals surface area (Å²) in [5, 5.41) is 11.4. The summed E-state index contributed by atoms with van der Waals surface area (Å²) in [4.78, 5) is 49.3. The van der Waals surface area contributed by atoms with E-state index in [9.17, 15) is 24.5 Å². The molecule has 0 aromatic heterocycles. The summed E-state index contributed by atoms with van der Waals surface area (Å²) in [6, 6.07) is 3.99. The van der Waals surface area contributed by atoms with E-state index in [1.807, 2.05) is 0 Å². The summed E-state index contributed by atoms with van der Waals surface area (Å²) in [7, 11) is 0. The van der Waals surface area contributed by atoms with Gasteiger partial charge < -0.3 is 15.2 Å². The number of rotatable bonds is 8. The van der Waals surface area contributed by atoms with Gasteiger partial charge in [-0.05, 0) is 25.1 Å². The number of hydroxylamine groups is 2. The Morgan fingerprint density at radius 2 is 1.96 bits per heavy atom. The lowest BCUT2D eigenvalue weighted by atomic mass is 10.2. The molecule has 0 bridgehead atoms. The van der Waals surface area contributed by atoms with Crippen molar-refractivity contribution in [1.29, 1.82) is 0 Å². The number of carbonyl (C=O) groups is 3. The van der Waals surface area contributed by atoms with Crippen molar-refractivity contribution >= 4 is 23.7 Å². The quantitative estimate of drug-likeness (QED) is 0.233. The molecule has 2 N–H and O–H groups in total. The van der Waals surface area contributed by atoms with Crippen LogP contribution in [0.4, 0.5) is 10.5 Å². The van der Waals surface area contributed by atoms with Crippen LogP contribution in [-0.2, 0) is 25.8 Å². The van der Waals surface area contributed by atoms with E-state index < -0.39 is 29.5 Å². The lowest BCUT2D eigenvalue weighted by Crippen LogP contribution is -2.32. The smallest absolute Gasteiger partial charge is 0.494 e. The highest BCUT2D eigenvalue weighted by Crippen LogP contribution is 2.25. The third kappa shape index (κ3) is 4.89. The molecule has 0 saturated carbocycles. The molecule has 0 aliphatic carbocycles. The number of ether oxygens (including phenoxy) is 2. The Labute approximate surface area is 147 Å². The molecular weight excluding hydrogens is 350 g/mol. The normalized spacial score (nSPS) is 13.7. The van der Waals surface area contributed by atoms with Crippen LogP contribution < -0.4 is 10.5 Å². The largest absolute Gasteiger partial charge is 0.534 e. The summed E-state index contributed by atoms with van der Waals surface area (Å²) in [5.74, 6) is -0.970. The van der Waals surface area contributed by atoms with Crippen LogP contribution in [0.1, 0.15) is 24.8 Å². The van der Waals surface area contributed by atoms with Gasteiger partial charge in [-0.1, -0.05) is 5.06 Å². The molecule has 140 valence electrons. The van der Waals surface area contributed by atoms with Gasteiger partial charge in [-0.2, -0.15) is 0 Å². The Balaban J connectivity index is 2.00. The molecule has 2 amide bonds. The van der Waals surface area contributed by atoms with Gasteiger partial charge in [0.2, 0.25) is 0 Å². The molecule has 1 saturated heterocycles. The SMILES string of the molecule is NCCCOc1ccc([N+](=O)[O-])c(COC(=O)ON2C(=O)CCC2=O)c1. The number of benzene rings is 1. The Kier molecular flexibility index (Phi) is 6.44. The van der Waals surface area contributed by atoms with Crippen LogP contribution in [0, 0.1) is 10.1 Å². The Bertz CT molecular complexity index is 705. The number of nitrogens with two attached hydrogens (primary N) is 1. The third-order valence-corrected chi connectivity index (χ3v) is 3.38. The van der Waals surface area contributed by atoms with Crippen LogP contribution >= 0.6 is 0 Å². The van der Waals surface area contributed by atoms with Crippen molar-refractivity contribution in [3.63, 3.8) is 0 Å². The fourth-order valence-electron chi connectivity index (χ4n) is 2.11. The number of amides is 2. The maximum Gasteiger partial charge on any atom is 0.534 e. The zero-order valence-corrected chi connectivity index (χ0v) is 13.7. The molecule has 0 atom stereocenters. The van der Waals surface area contributed by atoms with Crippen molar-refractivity contribution in [1.82, 2.24) is 5.06 Å². The van der Waals surface area contributed by atoms with E-state index in [1.54, 1.807) is 0 Å². The summed E-state index contributed by atoms with van der Waals surface area (Å²) in [6.45, 7) is 0.262. The van der Waals surface area contributed by atoms with Gasteiger partial charge in [-0.25, -0.2) is 4.79 Å². The van der Waals surface area contributed by atoms with Crippen LogP contribution in [0.5, 0.6) is 5.75 Å². The molecule has 1 aromatic carbocycles. The van der Waals surface area contributed by atoms with Crippen molar-refractivity contribution in [2.24, 2.45) is 5.73 Å². The number of imide groups is 1. The minimum absolute atomic E-state index is 0.0558. The average molecular weight is 367 g/mol. The Morgan fingerprint density at radius 3 is 2.58 bits per heavy atom. The first-order valence-corrected chi connectivity index (χ1v) is 7.73. The summed E-state index contributed by atoms with van der Waals surface area (Å²) in [6.07, 6.45) is -0.829. The number of nitro benzene ring substituents is 1. The van der Waals surface area contributed by atoms with E-state index in [0.29, 0.717) is 30.4 Å². The molecule has 2 rings (SSSR count). The van der Waals surface area contributed by atoms with Crippen LogP contribution in [0.3, 0.4) is 0 Å². The highest BCUT2D eigenvalue weighted by atomic mass is 16.8. The van der Waals surface area contributed by atoms with Crippen molar-refractivity contribution in [2.75, 3.05) is 13.2 Å². The van der Waals surface area contributed by atoms with Gasteiger partial charge in [-0.3, -0.25) is 24.5 Å². The lowest BCUT2D eigenvalue weighted by molar-refractivity contribution is -0.385. The Hall–Kier alpha value is -3.21. The lowest BCUT2D eigenvalue weighted by Gasteiger charge is -2.13. The first-order chi connectivity index (χ1) is 12.4. The fourth-order valence-corrected chi connectivity index (χ4v) is 2.11. The molecule has 1 fully saturated rings. The van der Waals surface area contributed by atoms with Crippen LogP contribution in [0.2, 0.25) is 0 Å². The topological polar surface area (TPSA) is 151 Å². The summed E-state index contributed by atoms with van der Waals surface area (Å²) in [5.41, 5.74) is 5.15. The molecule has 1 aliphatic rings. The third-order valence-electron chi connectivity index (χ3n) is 3.38. The highest BCUT2D eigenvalue weighted by molar-refractivity contribution is 6.01. The van der Waals surface area contributed by atoms with E-state index in [2.05, 4.69) is 4.84 Å². The second kappa shape index (κ2) is 8.76. The molecule has 11 heteroatoms. The van der Waals surface area contributed by atoms with Crippen LogP contribution in [-0.4, -0.2) is 41.1 Å². The van der Waals surface area contributed by atoms with Crippen molar-refractivity contribution < 1.29 is 33.6 Å². The van der Waals surface area contributed by atoms with Crippen molar-refractivity contribution in [3.8, 4) is 5.75 Å². The molecular formula is C15H17N3O8. The first-order valence-electron chi connectivity index (χ1n) is 7.73. The number of carbonyl (C=O) groups excluding carboxylic acids is 3. The van der Waals surface area contributed by atoms with Gasteiger partial charge in [0.15, 0.2) is 0 Å². The highest BCUT2D eigenvalue weighted by Gasteiger charge is 2.33. The second-order valence-corrected chi connectivity index (χ2v) is 5.25. The van der Waals surface area contributed by atoms with Gasteiger partial charge in [0.1, 0.15) is 12.4 Å². The zero-order chi connectivity index (χ0) is 19.1. The molecule has 0 unspecified atom stereocenters. The van der Waals surface area contributed by atoms with Crippen LogP contribution in [0.25, 0.3) is 0 Å². The molecule has 0 radical (unpaired) electrons. The monoisotopic (exact) mass is 367 g/mol. The van der Waals surface area contributed by atoms with Crippen LogP contribution in [0.15, 0.2) is 18.2 Å². The number of nitrogens with zero attached hydrogens (tertiary/aromatic N) is 2. The number of nitro groups is 1. The maximum atomic E-state index is 11.6. The van der Waals surface area contributed by atoms with E-state index >= 15 is 0 Å². The number of hydrogen-bond acceptors (Lipinski definition) is 9. The second-order valence-electron chi connectivity index (χ2n) is 5.25. The minimum atomic E-state index is -1.32. The molecule has 1 heterocycles. The van der Waals surface area contributed by atoms with Crippen molar-refractivity contribution in [2.45, 2.75) is 25.9 Å². The molecule has 26 heavy (non-hydrogen) atoms. The fraction of sp³-hybridized carbons (Fsp3) is 0.400. The average Bonchev–Trinajstić information content (AvgIpc) is 2.92. The van der Waals surface area contributed by atoms with E-state index in [0.717, 1.165) is 0 Å². The molecule has 1 aromatic rings. The zero-order valence-electron chi connectivity index (χ0n) is 13.7. The Morgan fingerprint density at radius 1 is 1.27 bits per heavy atom. The van der Waals surface area contributed by atoms with E-state index in [-0.39, 0.29) is 24.1 Å². The predicted molar refractivity (Wildman–Crippen MR) is 84.6 cm³/mol. The van der Waals surface area contributed by atoms with Gasteiger partial charge in [0, 0.05) is 18.9 Å². The standard InChI is InChI=1S/C15H17N3O8/c16-6-1-7-24-11-2-3-12(18(22)23)10(8-11)9-25-15(21)26-17-13(19)4-5-14(17)20/h2-3,8H,1,4-7,9,16H2. The summed E-state index contributed by atoms with van der Waals surface area (Å²) >= 11 is 0. The van der Waals surface area contributed by atoms with E-state index in [1.165, 1.54) is 18.2 Å². The van der Waals surface area contributed by atoms with Crippen molar-refractivity contribution in [3.05, 3.63) is 33.9 Å². The molecule has 11 nitrogen and oxygen atoms in total.